The van der Waals surface area contributed by atoms with Crippen LogP contribution in [0, 0.1) is 0 Å². The number of hydrogen-bond donors (Lipinski definition) is 1. The van der Waals surface area contributed by atoms with Gasteiger partial charge in [-0.1, -0.05) is 12.1 Å². The summed E-state index contributed by atoms with van der Waals surface area (Å²) >= 11 is 0. The van der Waals surface area contributed by atoms with Gasteiger partial charge in [0.15, 0.2) is 0 Å². The van der Waals surface area contributed by atoms with Crippen LogP contribution in [0.25, 0.3) is 0 Å². The zero-order valence-electron chi connectivity index (χ0n) is 13.2. The van der Waals surface area contributed by atoms with Crippen molar-refractivity contribution < 1.29 is 9.53 Å². The van der Waals surface area contributed by atoms with Crippen molar-refractivity contribution in [3.63, 3.8) is 0 Å². The summed E-state index contributed by atoms with van der Waals surface area (Å²) in [6.45, 7) is 6.72. The van der Waals surface area contributed by atoms with Crippen LogP contribution in [-0.2, 0) is 4.79 Å². The van der Waals surface area contributed by atoms with Crippen LogP contribution in [0.4, 0.5) is 0 Å². The Kier molecular flexibility index (Phi) is 5.23. The molecule has 4 heteroatoms. The maximum atomic E-state index is 12.2. The van der Waals surface area contributed by atoms with Crippen LogP contribution in [0.5, 0.6) is 5.75 Å². The fourth-order valence-electron chi connectivity index (χ4n) is 2.99. The Bertz CT molecular complexity index is 470. The van der Waals surface area contributed by atoms with E-state index in [1.807, 2.05) is 49.9 Å². The van der Waals surface area contributed by atoms with Gasteiger partial charge in [-0.15, -0.1) is 0 Å². The highest BCUT2D eigenvalue weighted by molar-refractivity contribution is 5.77. The third-order valence-electron chi connectivity index (χ3n) is 3.92. The normalized spacial score (nSPS) is 23.3. The van der Waals surface area contributed by atoms with E-state index in [9.17, 15) is 4.79 Å². The molecule has 0 spiro atoms. The molecule has 0 bridgehead atoms. The van der Waals surface area contributed by atoms with Gasteiger partial charge in [0.2, 0.25) is 5.91 Å². The molecule has 0 aromatic heterocycles. The number of nitrogens with zero attached hydrogens (tertiary/aromatic N) is 1. The lowest BCUT2D eigenvalue weighted by Gasteiger charge is -2.33. The summed E-state index contributed by atoms with van der Waals surface area (Å²) in [5.41, 5.74) is 7.43. The number of likely N-dealkylation sites (N-methyl/N-ethyl adjacent to an activating group) is 1. The number of likely N-dealkylation sites (tertiary alicyclic amines) is 1. The molecule has 1 aliphatic rings. The van der Waals surface area contributed by atoms with Crippen molar-refractivity contribution in [2.24, 2.45) is 5.73 Å². The Balaban J connectivity index is 2.25. The predicted octanol–water partition coefficient (Wildman–Crippen LogP) is 2.87. The lowest BCUT2D eigenvalue weighted by atomic mass is 9.96. The van der Waals surface area contributed by atoms with Crippen LogP contribution < -0.4 is 10.5 Å². The van der Waals surface area contributed by atoms with E-state index in [-0.39, 0.29) is 24.1 Å². The van der Waals surface area contributed by atoms with Gasteiger partial charge in [0, 0.05) is 19.0 Å². The quantitative estimate of drug-likeness (QED) is 0.927. The molecular weight excluding hydrogens is 264 g/mol. The summed E-state index contributed by atoms with van der Waals surface area (Å²) < 4.78 is 5.67. The molecule has 0 radical (unpaired) electrons. The molecule has 0 saturated carbocycles. The Morgan fingerprint density at radius 2 is 2.00 bits per heavy atom. The monoisotopic (exact) mass is 290 g/mol. The second-order valence-corrected chi connectivity index (χ2v) is 5.92. The molecule has 2 N–H and O–H groups in total. The molecule has 4 nitrogen and oxygen atoms in total. The van der Waals surface area contributed by atoms with Gasteiger partial charge >= 0.3 is 0 Å². The van der Waals surface area contributed by atoms with E-state index >= 15 is 0 Å². The molecule has 1 aromatic rings. The molecule has 1 amide bonds. The summed E-state index contributed by atoms with van der Waals surface area (Å²) in [6, 6.07) is 7.95. The minimum Gasteiger partial charge on any atom is -0.491 e. The molecular formula is C17H26N2O2. The van der Waals surface area contributed by atoms with E-state index in [4.69, 9.17) is 10.5 Å². The number of nitrogens with two attached hydrogens (primary N) is 1. The van der Waals surface area contributed by atoms with Crippen molar-refractivity contribution in [2.75, 3.05) is 6.54 Å². The fraction of sp³-hybridized carbons (Fsp3) is 0.588. The lowest BCUT2D eigenvalue weighted by molar-refractivity contribution is -0.133. The van der Waals surface area contributed by atoms with Crippen LogP contribution in [0.3, 0.4) is 0 Å². The third-order valence-corrected chi connectivity index (χ3v) is 3.92. The molecule has 2 atom stereocenters. The number of amides is 1. The first-order valence-electron chi connectivity index (χ1n) is 7.84. The first-order valence-corrected chi connectivity index (χ1v) is 7.84. The van der Waals surface area contributed by atoms with Gasteiger partial charge in [0.1, 0.15) is 5.75 Å². The van der Waals surface area contributed by atoms with Crippen LogP contribution in [-0.4, -0.2) is 29.5 Å². The highest BCUT2D eigenvalue weighted by Gasteiger charge is 2.31. The summed E-state index contributed by atoms with van der Waals surface area (Å²) in [7, 11) is 0. The Labute approximate surface area is 127 Å². The number of carbonyl (C=O) groups excluding carboxylic acids is 1. The molecule has 116 valence electrons. The van der Waals surface area contributed by atoms with Crippen LogP contribution in [0.15, 0.2) is 24.3 Å². The standard InChI is InChI=1S/C17H26N2O2/c1-4-19-16(20)7-5-6-15(18)17(19)13-8-10-14(11-9-13)21-12(2)3/h8-12,15,17H,4-7,18H2,1-3H3. The molecule has 1 aliphatic heterocycles. The topological polar surface area (TPSA) is 55.6 Å². The summed E-state index contributed by atoms with van der Waals surface area (Å²) in [6.07, 6.45) is 2.52. The van der Waals surface area contributed by atoms with Crippen molar-refractivity contribution in [3.8, 4) is 5.75 Å². The number of ether oxygens (including phenoxy) is 1. The van der Waals surface area contributed by atoms with E-state index < -0.39 is 0 Å². The van der Waals surface area contributed by atoms with E-state index in [1.54, 1.807) is 0 Å². The highest BCUT2D eigenvalue weighted by atomic mass is 16.5. The van der Waals surface area contributed by atoms with Gasteiger partial charge < -0.3 is 15.4 Å². The average molecular weight is 290 g/mol. The van der Waals surface area contributed by atoms with E-state index in [1.165, 1.54) is 0 Å². The largest absolute Gasteiger partial charge is 0.491 e. The SMILES string of the molecule is CCN1C(=O)CCCC(N)C1c1ccc(OC(C)C)cc1. The molecule has 2 rings (SSSR count). The van der Waals surface area contributed by atoms with Crippen molar-refractivity contribution in [3.05, 3.63) is 29.8 Å². The Morgan fingerprint density at radius 1 is 1.33 bits per heavy atom. The number of carbonyl (C=O) groups is 1. The van der Waals surface area contributed by atoms with E-state index in [0.717, 1.165) is 24.2 Å². The molecule has 0 aliphatic carbocycles. The van der Waals surface area contributed by atoms with Crippen LogP contribution in [0.2, 0.25) is 0 Å². The fourth-order valence-corrected chi connectivity index (χ4v) is 2.99. The first-order chi connectivity index (χ1) is 10.0. The molecule has 1 heterocycles. The minimum absolute atomic E-state index is 0.00623. The van der Waals surface area contributed by atoms with Gasteiger partial charge in [-0.25, -0.2) is 0 Å². The molecule has 21 heavy (non-hydrogen) atoms. The molecule has 1 fully saturated rings. The third kappa shape index (κ3) is 3.76. The average Bonchev–Trinajstić information content (AvgIpc) is 2.58. The smallest absolute Gasteiger partial charge is 0.223 e. The number of hydrogen-bond acceptors (Lipinski definition) is 3. The van der Waals surface area contributed by atoms with E-state index in [2.05, 4.69) is 0 Å². The van der Waals surface area contributed by atoms with Gasteiger partial charge in [0.25, 0.3) is 0 Å². The highest BCUT2D eigenvalue weighted by Crippen LogP contribution is 2.31. The van der Waals surface area contributed by atoms with Crippen molar-refractivity contribution in [2.45, 2.75) is 58.2 Å². The van der Waals surface area contributed by atoms with Crippen molar-refractivity contribution in [1.82, 2.24) is 4.90 Å². The maximum absolute atomic E-state index is 12.2. The van der Waals surface area contributed by atoms with Crippen molar-refractivity contribution >= 4 is 5.91 Å². The molecule has 1 aromatic carbocycles. The first kappa shape index (κ1) is 15.8. The van der Waals surface area contributed by atoms with Gasteiger partial charge in [-0.2, -0.15) is 0 Å². The minimum atomic E-state index is -0.0295. The van der Waals surface area contributed by atoms with Crippen LogP contribution in [0.1, 0.15) is 51.6 Å². The molecule has 1 saturated heterocycles. The number of benzene rings is 1. The second-order valence-electron chi connectivity index (χ2n) is 5.92. The second kappa shape index (κ2) is 6.94. The van der Waals surface area contributed by atoms with Gasteiger partial charge in [-0.05, 0) is 51.3 Å². The predicted molar refractivity (Wildman–Crippen MR) is 84.2 cm³/mol. The summed E-state index contributed by atoms with van der Waals surface area (Å²) in [5.74, 6) is 1.06. The zero-order chi connectivity index (χ0) is 15.4. The summed E-state index contributed by atoms with van der Waals surface area (Å²) in [4.78, 5) is 14.1. The van der Waals surface area contributed by atoms with Gasteiger partial charge in [-0.3, -0.25) is 4.79 Å². The summed E-state index contributed by atoms with van der Waals surface area (Å²) in [5, 5.41) is 0. The van der Waals surface area contributed by atoms with Gasteiger partial charge in [0.05, 0.1) is 12.1 Å². The Morgan fingerprint density at radius 3 is 2.57 bits per heavy atom. The lowest BCUT2D eigenvalue weighted by Crippen LogP contribution is -2.42. The van der Waals surface area contributed by atoms with Crippen LogP contribution >= 0.6 is 0 Å². The Hall–Kier alpha value is -1.55. The van der Waals surface area contributed by atoms with E-state index in [0.29, 0.717) is 13.0 Å². The maximum Gasteiger partial charge on any atom is 0.223 e. The van der Waals surface area contributed by atoms with Crippen molar-refractivity contribution in [1.29, 1.82) is 0 Å². The molecule has 2 unspecified atom stereocenters. The zero-order valence-corrected chi connectivity index (χ0v) is 13.2. The number of rotatable bonds is 4.